The largest absolute Gasteiger partial charge is 0.0613 e. The van der Waals surface area contributed by atoms with E-state index in [2.05, 4.69) is 48.6 Å². The molecule has 3 rings (SSSR count). The molecule has 13 heavy (non-hydrogen) atoms. The molecule has 0 aliphatic heterocycles. The van der Waals surface area contributed by atoms with Crippen LogP contribution < -0.4 is 0 Å². The van der Waals surface area contributed by atoms with Crippen molar-refractivity contribution < 1.29 is 0 Å². The highest BCUT2D eigenvalue weighted by atomic mass is 14.1. The molecular formula is C13H9. The van der Waals surface area contributed by atoms with Crippen LogP contribution in [0.5, 0.6) is 0 Å². The molecule has 0 saturated heterocycles. The van der Waals surface area contributed by atoms with Gasteiger partial charge in [0.05, 0.1) is 0 Å². The summed E-state index contributed by atoms with van der Waals surface area (Å²) in [6.45, 7) is 0. The van der Waals surface area contributed by atoms with E-state index >= 15 is 0 Å². The van der Waals surface area contributed by atoms with Crippen LogP contribution in [0.4, 0.5) is 0 Å². The summed E-state index contributed by atoms with van der Waals surface area (Å²) in [5.41, 5.74) is 2.70. The maximum absolute atomic E-state index is 3.28. The summed E-state index contributed by atoms with van der Waals surface area (Å²) in [5.74, 6) is 0. The van der Waals surface area contributed by atoms with E-state index in [1.165, 1.54) is 21.9 Å². The standard InChI is InChI=1S/C13H9/c1-4-10-6-2-8-12-9-3-7-11(5-1)13(10)12/h1-2,4-8H,9H2. The Labute approximate surface area is 77.5 Å². The zero-order valence-electron chi connectivity index (χ0n) is 7.25. The Bertz CT molecular complexity index is 487. The van der Waals surface area contributed by atoms with Crippen LogP contribution in [0.3, 0.4) is 0 Å². The smallest absolute Gasteiger partial charge is 0.00163 e. The summed E-state index contributed by atoms with van der Waals surface area (Å²) >= 11 is 0. The summed E-state index contributed by atoms with van der Waals surface area (Å²) in [5, 5.41) is 2.75. The fraction of sp³-hybridized carbons (Fsp3) is 0.0769. The van der Waals surface area contributed by atoms with Crippen molar-refractivity contribution >= 4 is 16.8 Å². The van der Waals surface area contributed by atoms with Crippen LogP contribution in [-0.2, 0) is 6.42 Å². The highest BCUT2D eigenvalue weighted by Crippen LogP contribution is 2.27. The van der Waals surface area contributed by atoms with Crippen LogP contribution in [-0.4, -0.2) is 0 Å². The van der Waals surface area contributed by atoms with Gasteiger partial charge in [-0.1, -0.05) is 42.5 Å². The minimum Gasteiger partial charge on any atom is -0.0613 e. The van der Waals surface area contributed by atoms with Gasteiger partial charge in [0, 0.05) is 0 Å². The van der Waals surface area contributed by atoms with Crippen molar-refractivity contribution in [3.63, 3.8) is 0 Å². The first-order valence-electron chi connectivity index (χ1n) is 4.52. The van der Waals surface area contributed by atoms with Gasteiger partial charge in [-0.15, -0.1) is 0 Å². The van der Waals surface area contributed by atoms with Crippen LogP contribution >= 0.6 is 0 Å². The number of hydrogen-bond donors (Lipinski definition) is 0. The van der Waals surface area contributed by atoms with Gasteiger partial charge in [-0.2, -0.15) is 0 Å². The van der Waals surface area contributed by atoms with Gasteiger partial charge in [0.1, 0.15) is 0 Å². The maximum atomic E-state index is 3.28. The summed E-state index contributed by atoms with van der Waals surface area (Å²) in [4.78, 5) is 0. The number of allylic oxidation sites excluding steroid dienone is 1. The van der Waals surface area contributed by atoms with E-state index in [1.54, 1.807) is 0 Å². The second kappa shape index (κ2) is 2.46. The molecule has 0 spiro atoms. The molecule has 0 unspecified atom stereocenters. The maximum Gasteiger partial charge on any atom is -0.00163 e. The third-order valence-corrected chi connectivity index (χ3v) is 2.57. The number of hydrogen-bond acceptors (Lipinski definition) is 0. The van der Waals surface area contributed by atoms with Crippen molar-refractivity contribution in [2.45, 2.75) is 6.42 Å². The number of rotatable bonds is 0. The Kier molecular flexibility index (Phi) is 1.31. The Hall–Kier alpha value is -1.56. The van der Waals surface area contributed by atoms with Gasteiger partial charge in [0.15, 0.2) is 0 Å². The van der Waals surface area contributed by atoms with E-state index in [0.717, 1.165) is 6.42 Å². The lowest BCUT2D eigenvalue weighted by Gasteiger charge is -2.11. The van der Waals surface area contributed by atoms with Gasteiger partial charge in [-0.25, -0.2) is 0 Å². The average Bonchev–Trinajstić information content (AvgIpc) is 2.19. The van der Waals surface area contributed by atoms with Crippen molar-refractivity contribution in [3.05, 3.63) is 53.6 Å². The van der Waals surface area contributed by atoms with E-state index in [1.807, 2.05) is 0 Å². The van der Waals surface area contributed by atoms with Crippen molar-refractivity contribution in [1.29, 1.82) is 0 Å². The van der Waals surface area contributed by atoms with Crippen LogP contribution in [0.1, 0.15) is 11.1 Å². The molecule has 1 aliphatic carbocycles. The fourth-order valence-electron chi connectivity index (χ4n) is 1.99. The molecular weight excluding hydrogens is 156 g/mol. The normalized spacial score (nSPS) is 13.5. The van der Waals surface area contributed by atoms with Crippen LogP contribution in [0, 0.1) is 6.08 Å². The van der Waals surface area contributed by atoms with Gasteiger partial charge in [0.25, 0.3) is 0 Å². The molecule has 2 aromatic carbocycles. The van der Waals surface area contributed by atoms with Gasteiger partial charge in [-0.3, -0.25) is 0 Å². The van der Waals surface area contributed by atoms with Crippen LogP contribution in [0.15, 0.2) is 36.4 Å². The molecule has 61 valence electrons. The van der Waals surface area contributed by atoms with Gasteiger partial charge >= 0.3 is 0 Å². The van der Waals surface area contributed by atoms with Crippen LogP contribution in [0.25, 0.3) is 16.8 Å². The first kappa shape index (κ1) is 6.90. The molecule has 1 radical (unpaired) electrons. The van der Waals surface area contributed by atoms with Gasteiger partial charge in [-0.05, 0) is 34.4 Å². The summed E-state index contributed by atoms with van der Waals surface area (Å²) < 4.78 is 0. The summed E-state index contributed by atoms with van der Waals surface area (Å²) in [6.07, 6.45) is 6.32. The van der Waals surface area contributed by atoms with E-state index in [4.69, 9.17) is 0 Å². The Morgan fingerprint density at radius 2 is 1.85 bits per heavy atom. The molecule has 1 aliphatic rings. The lowest BCUT2D eigenvalue weighted by atomic mass is 9.93. The zero-order chi connectivity index (χ0) is 8.67. The molecule has 2 aromatic rings. The second-order valence-corrected chi connectivity index (χ2v) is 3.39. The molecule has 0 atom stereocenters. The van der Waals surface area contributed by atoms with E-state index in [9.17, 15) is 0 Å². The van der Waals surface area contributed by atoms with Crippen molar-refractivity contribution in [2.75, 3.05) is 0 Å². The van der Waals surface area contributed by atoms with Crippen molar-refractivity contribution in [2.24, 2.45) is 0 Å². The van der Waals surface area contributed by atoms with E-state index < -0.39 is 0 Å². The zero-order valence-corrected chi connectivity index (χ0v) is 7.25. The van der Waals surface area contributed by atoms with E-state index in [0.29, 0.717) is 0 Å². The molecule has 0 bridgehead atoms. The Balaban J connectivity index is 2.56. The minimum atomic E-state index is 0.953. The molecule has 0 heteroatoms. The average molecular weight is 165 g/mol. The summed E-state index contributed by atoms with van der Waals surface area (Å²) in [7, 11) is 0. The van der Waals surface area contributed by atoms with Gasteiger partial charge < -0.3 is 0 Å². The lowest BCUT2D eigenvalue weighted by Crippen LogP contribution is -1.92. The van der Waals surface area contributed by atoms with E-state index in [-0.39, 0.29) is 0 Å². The molecule has 0 aromatic heterocycles. The highest BCUT2D eigenvalue weighted by molar-refractivity contribution is 5.94. The Morgan fingerprint density at radius 3 is 2.77 bits per heavy atom. The van der Waals surface area contributed by atoms with Crippen molar-refractivity contribution in [1.82, 2.24) is 0 Å². The SMILES string of the molecule is [C]1=Cc2cccc3cccc(c23)C1. The first-order chi connectivity index (χ1) is 6.45. The molecule has 0 N–H and O–H groups in total. The second-order valence-electron chi connectivity index (χ2n) is 3.39. The number of benzene rings is 2. The topological polar surface area (TPSA) is 0 Å². The third-order valence-electron chi connectivity index (χ3n) is 2.57. The molecule has 0 heterocycles. The molecule has 0 nitrogen and oxygen atoms in total. The first-order valence-corrected chi connectivity index (χ1v) is 4.52. The van der Waals surface area contributed by atoms with Crippen molar-refractivity contribution in [3.8, 4) is 0 Å². The molecule has 0 fully saturated rings. The van der Waals surface area contributed by atoms with Crippen LogP contribution in [0.2, 0.25) is 0 Å². The quantitative estimate of drug-likeness (QED) is 0.562. The lowest BCUT2D eigenvalue weighted by molar-refractivity contribution is 1.25. The monoisotopic (exact) mass is 165 g/mol. The molecule has 0 amide bonds. The fourth-order valence-corrected chi connectivity index (χ4v) is 1.99. The Morgan fingerprint density at radius 1 is 1.00 bits per heavy atom. The predicted octanol–water partition coefficient (Wildman–Crippen LogP) is 3.21. The van der Waals surface area contributed by atoms with Gasteiger partial charge in [0.2, 0.25) is 0 Å². The summed E-state index contributed by atoms with van der Waals surface area (Å²) in [6, 6.07) is 12.9. The highest BCUT2D eigenvalue weighted by Gasteiger charge is 2.06. The predicted molar refractivity (Wildman–Crippen MR) is 55.4 cm³/mol. The molecule has 0 saturated carbocycles. The third kappa shape index (κ3) is 0.919. The minimum absolute atomic E-state index is 0.953.